The Morgan fingerprint density at radius 2 is 1.89 bits per heavy atom. The van der Waals surface area contributed by atoms with Crippen molar-refractivity contribution < 1.29 is 22.6 Å². The molecule has 0 bridgehead atoms. The van der Waals surface area contributed by atoms with Crippen LogP contribution in [-0.2, 0) is 13.1 Å². The minimum Gasteiger partial charge on any atom is -0.493 e. The lowest BCUT2D eigenvalue weighted by molar-refractivity contribution is -0.153. The normalized spacial score (nSPS) is 12.0. The molecule has 1 aromatic heterocycles. The van der Waals surface area contributed by atoms with Crippen molar-refractivity contribution in [3.05, 3.63) is 48.3 Å². The van der Waals surface area contributed by atoms with E-state index in [1.807, 2.05) is 31.5 Å². The molecule has 0 saturated heterocycles. The average molecular weight is 398 g/mol. The number of nitrogens with zero attached hydrogens (tertiary/aromatic N) is 2. The first-order valence-corrected chi connectivity index (χ1v) is 8.90. The number of rotatable bonds is 9. The first kappa shape index (κ1) is 21.5. The van der Waals surface area contributed by atoms with Crippen molar-refractivity contribution in [2.75, 3.05) is 26.8 Å². The third kappa shape index (κ3) is 7.42. The van der Waals surface area contributed by atoms with Gasteiger partial charge in [0.05, 0.1) is 13.7 Å². The molecule has 0 fully saturated rings. The van der Waals surface area contributed by atoms with Crippen LogP contribution in [0.4, 0.5) is 13.2 Å². The van der Waals surface area contributed by atoms with Crippen LogP contribution in [0, 0.1) is 0 Å². The fraction of sp³-hybridized carbons (Fsp3) is 0.421. The molecular weight excluding hydrogens is 373 g/mol. The fourth-order valence-electron chi connectivity index (χ4n) is 2.42. The lowest BCUT2D eigenvalue weighted by atomic mass is 10.2. The van der Waals surface area contributed by atoms with E-state index in [1.165, 1.54) is 13.2 Å². The molecule has 1 aromatic carbocycles. The number of aromatic nitrogens is 1. The zero-order valence-electron chi connectivity index (χ0n) is 15.9. The van der Waals surface area contributed by atoms with Gasteiger partial charge in [0.15, 0.2) is 24.1 Å². The molecule has 0 amide bonds. The Bertz CT molecular complexity index is 746. The van der Waals surface area contributed by atoms with Gasteiger partial charge in [0.25, 0.3) is 0 Å². The summed E-state index contributed by atoms with van der Waals surface area (Å²) >= 11 is 0. The molecule has 2 rings (SSSR count). The van der Waals surface area contributed by atoms with E-state index in [1.54, 1.807) is 12.1 Å². The third-order valence-electron chi connectivity index (χ3n) is 3.71. The molecule has 0 aliphatic carbocycles. The van der Waals surface area contributed by atoms with Crippen molar-refractivity contribution >= 4 is 5.96 Å². The maximum absolute atomic E-state index is 12.3. The number of hydrogen-bond donors (Lipinski definition) is 2. The van der Waals surface area contributed by atoms with E-state index in [4.69, 9.17) is 9.47 Å². The van der Waals surface area contributed by atoms with Gasteiger partial charge in [-0.25, -0.2) is 4.99 Å². The molecule has 0 aliphatic heterocycles. The van der Waals surface area contributed by atoms with Crippen LogP contribution >= 0.6 is 0 Å². The van der Waals surface area contributed by atoms with E-state index in [-0.39, 0.29) is 11.5 Å². The van der Waals surface area contributed by atoms with Crippen molar-refractivity contribution in [3.8, 4) is 11.5 Å². The number of halogens is 3. The zero-order valence-corrected chi connectivity index (χ0v) is 15.9. The van der Waals surface area contributed by atoms with E-state index in [9.17, 15) is 13.2 Å². The van der Waals surface area contributed by atoms with Crippen LogP contribution in [0.3, 0.4) is 0 Å². The monoisotopic (exact) mass is 398 g/mol. The van der Waals surface area contributed by atoms with Crippen LogP contribution in [0.5, 0.6) is 11.5 Å². The number of alkyl halides is 3. The number of benzene rings is 1. The highest BCUT2D eigenvalue weighted by Gasteiger charge is 2.29. The number of nitrogens with one attached hydrogen (secondary N) is 2. The Hall–Kier alpha value is -2.84. The lowest BCUT2D eigenvalue weighted by Gasteiger charge is -2.14. The molecule has 9 heteroatoms. The second-order valence-corrected chi connectivity index (χ2v) is 5.93. The SMILES string of the molecule is CCNC(=NCc1ccc(OCC(F)(F)F)c(OC)c1)NCCn1cccc1. The molecule has 2 N–H and O–H groups in total. The predicted octanol–water partition coefficient (Wildman–Crippen LogP) is 3.19. The van der Waals surface area contributed by atoms with Gasteiger partial charge >= 0.3 is 6.18 Å². The van der Waals surface area contributed by atoms with Gasteiger partial charge in [0.1, 0.15) is 0 Å². The molecule has 28 heavy (non-hydrogen) atoms. The van der Waals surface area contributed by atoms with Crippen LogP contribution < -0.4 is 20.1 Å². The second-order valence-electron chi connectivity index (χ2n) is 5.93. The minimum atomic E-state index is -4.40. The summed E-state index contributed by atoms with van der Waals surface area (Å²) in [6, 6.07) is 8.69. The Morgan fingerprint density at radius 1 is 1.14 bits per heavy atom. The van der Waals surface area contributed by atoms with Crippen LogP contribution in [0.15, 0.2) is 47.7 Å². The van der Waals surface area contributed by atoms with Gasteiger partial charge in [-0.3, -0.25) is 0 Å². The predicted molar refractivity (Wildman–Crippen MR) is 102 cm³/mol. The van der Waals surface area contributed by atoms with Crippen LogP contribution in [0.2, 0.25) is 0 Å². The summed E-state index contributed by atoms with van der Waals surface area (Å²) in [6.07, 6.45) is -0.429. The van der Waals surface area contributed by atoms with Crippen molar-refractivity contribution in [2.24, 2.45) is 4.99 Å². The van der Waals surface area contributed by atoms with Crippen molar-refractivity contribution in [1.29, 1.82) is 0 Å². The van der Waals surface area contributed by atoms with Gasteiger partial charge in [-0.05, 0) is 36.8 Å². The smallest absolute Gasteiger partial charge is 0.422 e. The van der Waals surface area contributed by atoms with Gasteiger partial charge in [-0.1, -0.05) is 6.07 Å². The number of aliphatic imine (C=N–C) groups is 1. The summed E-state index contributed by atoms with van der Waals surface area (Å²) in [6.45, 7) is 3.16. The Kier molecular flexibility index (Phi) is 8.03. The van der Waals surface area contributed by atoms with E-state index >= 15 is 0 Å². The van der Waals surface area contributed by atoms with Gasteiger partial charge < -0.3 is 24.7 Å². The number of methoxy groups -OCH3 is 1. The Labute approximate surface area is 162 Å². The largest absolute Gasteiger partial charge is 0.493 e. The lowest BCUT2D eigenvalue weighted by Crippen LogP contribution is -2.38. The summed E-state index contributed by atoms with van der Waals surface area (Å²) in [5, 5.41) is 6.40. The zero-order chi connectivity index (χ0) is 20.4. The van der Waals surface area contributed by atoms with Gasteiger partial charge in [0, 0.05) is 32.0 Å². The molecule has 2 aromatic rings. The van der Waals surface area contributed by atoms with Gasteiger partial charge in [-0.2, -0.15) is 13.2 Å². The van der Waals surface area contributed by atoms with E-state index in [0.29, 0.717) is 25.6 Å². The third-order valence-corrected chi connectivity index (χ3v) is 3.71. The quantitative estimate of drug-likeness (QED) is 0.503. The summed E-state index contributed by atoms with van der Waals surface area (Å²) in [4.78, 5) is 4.50. The molecule has 0 aliphatic rings. The summed E-state index contributed by atoms with van der Waals surface area (Å²) in [5.41, 5.74) is 0.791. The highest BCUT2D eigenvalue weighted by Crippen LogP contribution is 2.30. The number of guanidine groups is 1. The highest BCUT2D eigenvalue weighted by molar-refractivity contribution is 5.79. The minimum absolute atomic E-state index is 0.0457. The fourth-order valence-corrected chi connectivity index (χ4v) is 2.42. The molecule has 0 saturated carbocycles. The number of ether oxygens (including phenoxy) is 2. The summed E-state index contributed by atoms with van der Waals surface area (Å²) in [7, 11) is 1.38. The van der Waals surface area contributed by atoms with Gasteiger partial charge in [-0.15, -0.1) is 0 Å². The molecule has 0 radical (unpaired) electrons. The molecular formula is C19H25F3N4O2. The van der Waals surface area contributed by atoms with Crippen LogP contribution in [0.25, 0.3) is 0 Å². The molecule has 6 nitrogen and oxygen atoms in total. The van der Waals surface area contributed by atoms with Crippen molar-refractivity contribution in [3.63, 3.8) is 0 Å². The van der Waals surface area contributed by atoms with Crippen molar-refractivity contribution in [1.82, 2.24) is 15.2 Å². The average Bonchev–Trinajstić information content (AvgIpc) is 3.17. The number of hydrogen-bond acceptors (Lipinski definition) is 3. The summed E-state index contributed by atoms with van der Waals surface area (Å²) in [5.74, 6) is 0.942. The molecule has 154 valence electrons. The highest BCUT2D eigenvalue weighted by atomic mass is 19.4. The standard InChI is InChI=1S/C19H25F3N4O2/c1-3-23-18(24-8-11-26-9-4-5-10-26)25-13-15-6-7-16(17(12-15)27-2)28-14-19(20,21)22/h4-7,9-10,12H,3,8,11,13-14H2,1-2H3,(H2,23,24,25). The van der Waals surface area contributed by atoms with Crippen molar-refractivity contribution in [2.45, 2.75) is 26.2 Å². The molecule has 1 heterocycles. The van der Waals surface area contributed by atoms with E-state index in [2.05, 4.69) is 20.2 Å². The topological polar surface area (TPSA) is 59.8 Å². The molecule has 0 spiro atoms. The maximum atomic E-state index is 12.3. The Morgan fingerprint density at radius 3 is 2.54 bits per heavy atom. The summed E-state index contributed by atoms with van der Waals surface area (Å²) < 4.78 is 49.0. The first-order valence-electron chi connectivity index (χ1n) is 8.90. The molecule has 0 atom stereocenters. The first-order chi connectivity index (χ1) is 13.4. The molecule has 0 unspecified atom stereocenters. The van der Waals surface area contributed by atoms with Gasteiger partial charge in [0.2, 0.25) is 0 Å². The second kappa shape index (κ2) is 10.5. The van der Waals surface area contributed by atoms with E-state index in [0.717, 1.165) is 12.1 Å². The van der Waals surface area contributed by atoms with E-state index < -0.39 is 12.8 Å². The maximum Gasteiger partial charge on any atom is 0.422 e. The van der Waals surface area contributed by atoms with Crippen LogP contribution in [0.1, 0.15) is 12.5 Å². The Balaban J connectivity index is 1.96. The van der Waals surface area contributed by atoms with Crippen LogP contribution in [-0.4, -0.2) is 43.5 Å².